The van der Waals surface area contributed by atoms with Crippen LogP contribution < -0.4 is 10.2 Å². The molecule has 0 spiro atoms. The minimum atomic E-state index is -3.40. The fourth-order valence-electron chi connectivity index (χ4n) is 3.41. The maximum atomic E-state index is 12.7. The number of fused-ring (bicyclic) bond motifs is 3. The Morgan fingerprint density at radius 1 is 1.30 bits per heavy atom. The average Bonchev–Trinajstić information content (AvgIpc) is 3.30. The van der Waals surface area contributed by atoms with Gasteiger partial charge in [0.05, 0.1) is 29.9 Å². The minimum absolute atomic E-state index is 0.00298. The van der Waals surface area contributed by atoms with Gasteiger partial charge in [0.2, 0.25) is 0 Å². The normalized spacial score (nSPS) is 16.9. The Kier molecular flexibility index (Phi) is 5.85. The molecule has 30 heavy (non-hydrogen) atoms. The molecule has 0 saturated carbocycles. The smallest absolute Gasteiger partial charge is 0.257 e. The SMILES string of the molecule is CCN(CC)CCn1cc(NC(=O)c2ccc3c(c2)SC2=NS(=O)(=O)CCN23)cn1. The molecule has 2 aliphatic rings. The van der Waals surface area contributed by atoms with Gasteiger partial charge in [-0.15, -0.1) is 4.40 Å². The maximum Gasteiger partial charge on any atom is 0.257 e. The topological polar surface area (TPSA) is 99.9 Å². The van der Waals surface area contributed by atoms with Crippen molar-refractivity contribution < 1.29 is 13.2 Å². The molecule has 0 aliphatic carbocycles. The number of carbonyl (C=O) groups excluding carboxylic acids is 1. The van der Waals surface area contributed by atoms with Crippen LogP contribution in [0.15, 0.2) is 39.9 Å². The summed E-state index contributed by atoms with van der Waals surface area (Å²) in [5, 5.41) is 7.64. The monoisotopic (exact) mass is 448 g/mol. The largest absolute Gasteiger partial charge is 0.319 e. The minimum Gasteiger partial charge on any atom is -0.319 e. The van der Waals surface area contributed by atoms with E-state index in [1.165, 1.54) is 11.8 Å². The number of hydrogen-bond acceptors (Lipinski definition) is 7. The number of aromatic nitrogens is 2. The highest BCUT2D eigenvalue weighted by Gasteiger charge is 2.33. The average molecular weight is 449 g/mol. The van der Waals surface area contributed by atoms with E-state index in [2.05, 4.69) is 33.6 Å². The predicted octanol–water partition coefficient (Wildman–Crippen LogP) is 2.09. The van der Waals surface area contributed by atoms with Gasteiger partial charge in [-0.25, -0.2) is 8.42 Å². The highest BCUT2D eigenvalue weighted by atomic mass is 32.2. The number of carbonyl (C=O) groups is 1. The zero-order valence-electron chi connectivity index (χ0n) is 16.9. The molecule has 3 heterocycles. The van der Waals surface area contributed by atoms with Gasteiger partial charge in [-0.3, -0.25) is 9.48 Å². The van der Waals surface area contributed by atoms with Gasteiger partial charge in [0.1, 0.15) is 0 Å². The van der Waals surface area contributed by atoms with E-state index in [1.54, 1.807) is 18.3 Å². The Balaban J connectivity index is 1.43. The lowest BCUT2D eigenvalue weighted by atomic mass is 10.2. The standard InChI is InChI=1S/C19H24N6O3S2/c1-3-23(4-2)7-8-24-13-15(12-20-24)21-18(26)14-5-6-16-17(11-14)29-19-22-30(27,28)10-9-25(16)19/h5-6,11-13H,3-4,7-10H2,1-2H3,(H,21,26). The lowest BCUT2D eigenvalue weighted by molar-refractivity contribution is 0.102. The molecule has 0 saturated heterocycles. The highest BCUT2D eigenvalue weighted by molar-refractivity contribution is 8.15. The lowest BCUT2D eigenvalue weighted by Crippen LogP contribution is -2.35. The summed E-state index contributed by atoms with van der Waals surface area (Å²) in [4.78, 5) is 17.7. The quantitative estimate of drug-likeness (QED) is 0.692. The van der Waals surface area contributed by atoms with Crippen LogP contribution in [0, 0.1) is 0 Å². The third-order valence-corrected chi connectivity index (χ3v) is 7.47. The summed E-state index contributed by atoms with van der Waals surface area (Å²) in [5.41, 5.74) is 2.02. The van der Waals surface area contributed by atoms with Crippen molar-refractivity contribution in [1.29, 1.82) is 0 Å². The number of rotatable bonds is 7. The van der Waals surface area contributed by atoms with E-state index in [0.29, 0.717) is 23.0 Å². The summed E-state index contributed by atoms with van der Waals surface area (Å²) in [7, 11) is -3.40. The number of anilines is 2. The van der Waals surface area contributed by atoms with Crippen molar-refractivity contribution in [3.63, 3.8) is 0 Å². The Morgan fingerprint density at radius 3 is 2.87 bits per heavy atom. The van der Waals surface area contributed by atoms with Crippen molar-refractivity contribution in [2.24, 2.45) is 4.40 Å². The van der Waals surface area contributed by atoms with Gasteiger partial charge in [0.25, 0.3) is 15.9 Å². The second kappa shape index (κ2) is 8.40. The van der Waals surface area contributed by atoms with Gasteiger partial charge >= 0.3 is 0 Å². The van der Waals surface area contributed by atoms with Crippen LogP contribution >= 0.6 is 11.8 Å². The molecule has 1 aromatic carbocycles. The fraction of sp³-hybridized carbons (Fsp3) is 0.421. The number of likely N-dealkylation sites (N-methyl/N-ethyl adjacent to an activating group) is 1. The number of nitrogens with one attached hydrogen (secondary N) is 1. The molecule has 2 aliphatic heterocycles. The van der Waals surface area contributed by atoms with E-state index in [1.807, 2.05) is 21.8 Å². The van der Waals surface area contributed by atoms with Crippen LogP contribution in [0.2, 0.25) is 0 Å². The van der Waals surface area contributed by atoms with E-state index in [4.69, 9.17) is 0 Å². The van der Waals surface area contributed by atoms with Crippen LogP contribution in [0.5, 0.6) is 0 Å². The first-order chi connectivity index (χ1) is 14.4. The molecule has 2 aromatic rings. The predicted molar refractivity (Wildman–Crippen MR) is 119 cm³/mol. The second-order valence-electron chi connectivity index (χ2n) is 7.07. The first-order valence-corrected chi connectivity index (χ1v) is 12.3. The van der Waals surface area contributed by atoms with Gasteiger partial charge in [-0.1, -0.05) is 13.8 Å². The second-order valence-corrected chi connectivity index (χ2v) is 9.83. The molecule has 1 amide bonds. The Hall–Kier alpha value is -2.37. The molecule has 0 fully saturated rings. The van der Waals surface area contributed by atoms with Crippen LogP contribution in [0.3, 0.4) is 0 Å². The molecule has 1 aromatic heterocycles. The van der Waals surface area contributed by atoms with Crippen molar-refractivity contribution in [3.8, 4) is 0 Å². The maximum absolute atomic E-state index is 12.7. The van der Waals surface area contributed by atoms with E-state index in [-0.39, 0.29) is 11.7 Å². The lowest BCUT2D eigenvalue weighted by Gasteiger charge is -2.22. The number of sulfonamides is 1. The Morgan fingerprint density at radius 2 is 2.10 bits per heavy atom. The van der Waals surface area contributed by atoms with Gasteiger partial charge in [0, 0.05) is 29.7 Å². The Labute approximate surface area is 180 Å². The zero-order valence-corrected chi connectivity index (χ0v) is 18.5. The van der Waals surface area contributed by atoms with E-state index >= 15 is 0 Å². The summed E-state index contributed by atoms with van der Waals surface area (Å²) in [6.45, 7) is 8.28. The summed E-state index contributed by atoms with van der Waals surface area (Å²) < 4.78 is 29.1. The number of hydrogen-bond donors (Lipinski definition) is 1. The summed E-state index contributed by atoms with van der Waals surface area (Å²) >= 11 is 1.27. The number of benzene rings is 1. The number of nitrogens with zero attached hydrogens (tertiary/aromatic N) is 5. The van der Waals surface area contributed by atoms with Crippen LogP contribution in [0.1, 0.15) is 24.2 Å². The van der Waals surface area contributed by atoms with Gasteiger partial charge in [0.15, 0.2) is 5.17 Å². The summed E-state index contributed by atoms with van der Waals surface area (Å²) in [5.74, 6) is -0.238. The summed E-state index contributed by atoms with van der Waals surface area (Å²) in [6, 6.07) is 5.35. The van der Waals surface area contributed by atoms with Crippen molar-refractivity contribution in [3.05, 3.63) is 36.2 Å². The molecule has 0 radical (unpaired) electrons. The van der Waals surface area contributed by atoms with E-state index in [9.17, 15) is 13.2 Å². The molecule has 0 bridgehead atoms. The third kappa shape index (κ3) is 4.37. The third-order valence-electron chi connectivity index (χ3n) is 5.17. The van der Waals surface area contributed by atoms with Crippen LogP contribution in [-0.2, 0) is 16.6 Å². The molecule has 11 heteroatoms. The van der Waals surface area contributed by atoms with Gasteiger partial charge in [-0.2, -0.15) is 5.10 Å². The number of amidine groups is 1. The first-order valence-electron chi connectivity index (χ1n) is 9.86. The molecule has 1 N–H and O–H groups in total. The highest BCUT2D eigenvalue weighted by Crippen LogP contribution is 2.42. The van der Waals surface area contributed by atoms with Crippen molar-refractivity contribution in [1.82, 2.24) is 14.7 Å². The number of thioether (sulfide) groups is 1. The van der Waals surface area contributed by atoms with Crippen LogP contribution in [0.4, 0.5) is 11.4 Å². The zero-order chi connectivity index (χ0) is 21.3. The van der Waals surface area contributed by atoms with Crippen LogP contribution in [0.25, 0.3) is 0 Å². The fourth-order valence-corrected chi connectivity index (χ4v) is 5.71. The molecule has 160 valence electrons. The van der Waals surface area contributed by atoms with Crippen molar-refractivity contribution in [2.45, 2.75) is 25.3 Å². The molecule has 0 unspecified atom stereocenters. The van der Waals surface area contributed by atoms with Gasteiger partial charge < -0.3 is 15.1 Å². The van der Waals surface area contributed by atoms with Gasteiger partial charge in [-0.05, 0) is 43.1 Å². The summed E-state index contributed by atoms with van der Waals surface area (Å²) in [6.07, 6.45) is 3.46. The molecule has 0 atom stereocenters. The molecule has 4 rings (SSSR count). The van der Waals surface area contributed by atoms with E-state index < -0.39 is 10.0 Å². The van der Waals surface area contributed by atoms with Crippen molar-refractivity contribution in [2.75, 3.05) is 42.1 Å². The first kappa shape index (κ1) is 20.9. The Bertz CT molecular complexity index is 1090. The number of amides is 1. The molecule has 9 nitrogen and oxygen atoms in total. The molecular formula is C19H24N6O3S2. The van der Waals surface area contributed by atoms with Crippen molar-refractivity contribution >= 4 is 44.2 Å². The van der Waals surface area contributed by atoms with E-state index in [0.717, 1.165) is 36.8 Å². The molecular weight excluding hydrogens is 424 g/mol. The van der Waals surface area contributed by atoms with Crippen LogP contribution in [-0.4, -0.2) is 66.1 Å².